The van der Waals surface area contributed by atoms with Crippen LogP contribution in [0.15, 0.2) is 45.9 Å². The first-order valence-corrected chi connectivity index (χ1v) is 16.8. The highest BCUT2D eigenvalue weighted by atomic mass is 32.2. The number of nitrogens with zero attached hydrogens (tertiary/aromatic N) is 2. The number of hydrogen-bond acceptors (Lipinski definition) is 7. The molecule has 3 N–H and O–H groups in total. The van der Waals surface area contributed by atoms with Gasteiger partial charge in [0.25, 0.3) is 5.91 Å². The Morgan fingerprint density at radius 3 is 2.24 bits per heavy atom. The fourth-order valence-electron chi connectivity index (χ4n) is 5.28. The van der Waals surface area contributed by atoms with Crippen molar-refractivity contribution in [3.05, 3.63) is 70.2 Å². The highest BCUT2D eigenvalue weighted by molar-refractivity contribution is 7.92. The fourth-order valence-corrected chi connectivity index (χ4v) is 6.59. The van der Waals surface area contributed by atoms with Crippen molar-refractivity contribution in [3.8, 4) is 11.1 Å². The molecule has 45 heavy (non-hydrogen) atoms. The van der Waals surface area contributed by atoms with Crippen molar-refractivity contribution in [2.45, 2.75) is 110 Å². The number of carbonyl (C=O) groups excluding carboxylic acids is 2. The average molecular weight is 639 g/mol. The molecule has 1 aromatic heterocycles. The predicted molar refractivity (Wildman–Crippen MR) is 174 cm³/mol. The predicted octanol–water partition coefficient (Wildman–Crippen LogP) is 6.66. The molecule has 0 bridgehead atoms. The zero-order chi connectivity index (χ0) is 33.3. The van der Waals surface area contributed by atoms with Crippen molar-refractivity contribution in [1.29, 1.82) is 0 Å². The van der Waals surface area contributed by atoms with Gasteiger partial charge in [-0.3, -0.25) is 4.79 Å². The molecule has 0 radical (unpaired) electrons. The van der Waals surface area contributed by atoms with E-state index in [4.69, 9.17) is 9.47 Å². The Hall–Kier alpha value is -3.54. The minimum absolute atomic E-state index is 0.0856. The van der Waals surface area contributed by atoms with Crippen molar-refractivity contribution in [2.75, 3.05) is 6.61 Å². The quantitative estimate of drug-likeness (QED) is 0.250. The van der Waals surface area contributed by atoms with E-state index in [1.165, 1.54) is 31.2 Å². The summed E-state index contributed by atoms with van der Waals surface area (Å²) in [4.78, 5) is 33.4. The third-order valence-electron chi connectivity index (χ3n) is 7.48. The number of aromatic amines is 1. The molecule has 1 aliphatic rings. The number of H-pyrrole nitrogens is 1. The van der Waals surface area contributed by atoms with Gasteiger partial charge in [-0.25, -0.2) is 18.7 Å². The molecule has 1 atom stereocenters. The Labute approximate surface area is 266 Å². The summed E-state index contributed by atoms with van der Waals surface area (Å²) in [6.45, 7) is 17.7. The van der Waals surface area contributed by atoms with Gasteiger partial charge in [-0.15, -0.1) is 4.36 Å². The smallest absolute Gasteiger partial charge is 0.420 e. The van der Waals surface area contributed by atoms with Gasteiger partial charge in [0.05, 0.1) is 25.8 Å². The molecule has 0 aliphatic carbocycles. The Kier molecular flexibility index (Phi) is 9.96. The van der Waals surface area contributed by atoms with Gasteiger partial charge in [-0.1, -0.05) is 58.0 Å². The highest BCUT2D eigenvalue weighted by Gasteiger charge is 2.28. The van der Waals surface area contributed by atoms with Gasteiger partial charge in [0.2, 0.25) is 0 Å². The van der Waals surface area contributed by atoms with Crippen LogP contribution in [-0.4, -0.2) is 43.5 Å². The minimum Gasteiger partial charge on any atom is -0.443 e. The number of benzene rings is 2. The van der Waals surface area contributed by atoms with Crippen molar-refractivity contribution < 1.29 is 28.4 Å². The first kappa shape index (κ1) is 34.3. The number of amides is 2. The van der Waals surface area contributed by atoms with E-state index in [0.29, 0.717) is 13.2 Å². The normalized spacial score (nSPS) is 15.0. The van der Waals surface area contributed by atoms with Gasteiger partial charge in [-0.2, -0.15) is 0 Å². The molecule has 10 nitrogen and oxygen atoms in total. The van der Waals surface area contributed by atoms with Gasteiger partial charge in [0.1, 0.15) is 17.0 Å². The third-order valence-corrected chi connectivity index (χ3v) is 9.19. The van der Waals surface area contributed by atoms with E-state index in [-0.39, 0.29) is 29.1 Å². The number of aliphatic hydroxyl groups is 1. The zero-order valence-corrected chi connectivity index (χ0v) is 28.6. The maximum Gasteiger partial charge on any atom is 0.420 e. The van der Waals surface area contributed by atoms with Gasteiger partial charge in [-0.05, 0) is 91.8 Å². The molecule has 244 valence electrons. The number of aromatic nitrogens is 2. The summed E-state index contributed by atoms with van der Waals surface area (Å²) >= 11 is 0. The maximum absolute atomic E-state index is 14.3. The summed E-state index contributed by atoms with van der Waals surface area (Å²) in [5.41, 5.74) is 5.21. The Morgan fingerprint density at radius 1 is 1.04 bits per heavy atom. The van der Waals surface area contributed by atoms with E-state index >= 15 is 0 Å². The lowest BCUT2D eigenvalue weighted by Gasteiger charge is -2.22. The number of nitrogens with one attached hydrogen (secondary N) is 2. The molecular weight excluding hydrogens is 592 g/mol. The molecule has 0 saturated carbocycles. The number of ether oxygens (including phenoxy) is 2. The van der Waals surface area contributed by atoms with Crippen LogP contribution in [0.1, 0.15) is 108 Å². The van der Waals surface area contributed by atoms with Crippen molar-refractivity contribution in [2.24, 2.45) is 4.36 Å². The molecule has 0 saturated heterocycles. The molecule has 1 aliphatic heterocycles. The van der Waals surface area contributed by atoms with E-state index in [1.807, 2.05) is 0 Å². The summed E-state index contributed by atoms with van der Waals surface area (Å²) in [5, 5.41) is 10.3. The largest absolute Gasteiger partial charge is 0.443 e. The molecule has 4 rings (SSSR count). The second-order valence-electron chi connectivity index (χ2n) is 13.7. The van der Waals surface area contributed by atoms with Crippen LogP contribution in [0.4, 0.5) is 4.79 Å². The maximum atomic E-state index is 14.3. The van der Waals surface area contributed by atoms with E-state index in [0.717, 1.165) is 34.2 Å². The first-order valence-electron chi connectivity index (χ1n) is 15.3. The lowest BCUT2D eigenvalue weighted by Crippen LogP contribution is -2.37. The van der Waals surface area contributed by atoms with E-state index < -0.39 is 33.1 Å². The van der Waals surface area contributed by atoms with Crippen LogP contribution in [0.25, 0.3) is 11.1 Å². The summed E-state index contributed by atoms with van der Waals surface area (Å²) in [5.74, 6) is -0.404. The lowest BCUT2D eigenvalue weighted by atomic mass is 9.83. The topological polar surface area (TPSA) is 143 Å². The molecule has 2 aromatic carbocycles. The highest BCUT2D eigenvalue weighted by Crippen LogP contribution is 2.35. The number of carbonyl (C=O) groups is 2. The van der Waals surface area contributed by atoms with Crippen LogP contribution in [-0.2, 0) is 49.2 Å². The Balaban J connectivity index is 1.78. The monoisotopic (exact) mass is 638 g/mol. The van der Waals surface area contributed by atoms with Crippen molar-refractivity contribution >= 4 is 21.9 Å². The molecule has 3 aromatic rings. The molecular formula is C34H46N4O6S. The van der Waals surface area contributed by atoms with E-state index in [1.54, 1.807) is 20.8 Å². The van der Waals surface area contributed by atoms with E-state index in [2.05, 4.69) is 77.1 Å². The average Bonchev–Trinajstić information content (AvgIpc) is 3.43. The van der Waals surface area contributed by atoms with Crippen molar-refractivity contribution in [3.63, 3.8) is 0 Å². The summed E-state index contributed by atoms with van der Waals surface area (Å²) in [6, 6.07) is 10.7. The van der Waals surface area contributed by atoms with Crippen LogP contribution in [0.3, 0.4) is 0 Å². The number of imidazole rings is 1. The van der Waals surface area contributed by atoms with E-state index in [9.17, 15) is 18.9 Å². The van der Waals surface area contributed by atoms with Crippen LogP contribution in [0.5, 0.6) is 0 Å². The molecule has 1 unspecified atom stereocenters. The van der Waals surface area contributed by atoms with Crippen molar-refractivity contribution in [1.82, 2.24) is 14.7 Å². The number of rotatable bonds is 8. The van der Waals surface area contributed by atoms with Crippen LogP contribution < -0.4 is 4.72 Å². The zero-order valence-electron chi connectivity index (χ0n) is 27.7. The van der Waals surface area contributed by atoms with Gasteiger partial charge >= 0.3 is 6.09 Å². The molecule has 2 amide bonds. The number of fused-ring (bicyclic) bond motifs is 1. The lowest BCUT2D eigenvalue weighted by molar-refractivity contribution is -0.117. The molecule has 0 spiro atoms. The second-order valence-corrected chi connectivity index (χ2v) is 15.6. The van der Waals surface area contributed by atoms with Gasteiger partial charge in [0, 0.05) is 0 Å². The Morgan fingerprint density at radius 2 is 1.69 bits per heavy atom. The van der Waals surface area contributed by atoms with Gasteiger partial charge < -0.3 is 19.6 Å². The number of hydrogen-bond donors (Lipinski definition) is 3. The fraction of sp³-hybridized carbons (Fsp3) is 0.500. The van der Waals surface area contributed by atoms with Crippen LogP contribution in [0, 0.1) is 0 Å². The Bertz CT molecular complexity index is 1670. The van der Waals surface area contributed by atoms with Crippen LogP contribution >= 0.6 is 0 Å². The second kappa shape index (κ2) is 13.1. The summed E-state index contributed by atoms with van der Waals surface area (Å²) in [7, 11) is -3.91. The summed E-state index contributed by atoms with van der Waals surface area (Å²) < 4.78 is 31.6. The van der Waals surface area contributed by atoms with Gasteiger partial charge in [0.15, 0.2) is 14.9 Å². The van der Waals surface area contributed by atoms with Crippen LogP contribution in [0.2, 0.25) is 0 Å². The molecule has 0 fully saturated rings. The molecule has 11 heteroatoms. The first-order chi connectivity index (χ1) is 20.9. The minimum atomic E-state index is -3.91. The SMILES string of the molecule is CC(C)c1cc(-c2ccc3c(c2)CCOC3)cc(C(C)C)c1CC(=O)N=S(=O)(NC(=O)OC(C)(C)C)c1cnc(C(C)(C)O)[nH]1. The molecule has 2 heterocycles. The standard InChI is InChI=1S/C34H46N4O6S/c1-20(2)26-15-25(22-10-11-24-19-43-13-12-23(24)14-22)16-27(21(3)4)28(26)17-29(39)37-45(42,38-32(40)44-33(5,6)7)30-18-35-31(36-30)34(8,9)41/h10-11,14-16,18,20-21,41H,12-13,17,19H2,1-9H3,(H,35,36)(H,37,38,39,40,42). The third kappa shape index (κ3) is 8.39. The summed E-state index contributed by atoms with van der Waals surface area (Å²) in [6.07, 6.45) is 0.940.